The predicted molar refractivity (Wildman–Crippen MR) is 109 cm³/mol. The Labute approximate surface area is 169 Å². The number of anilines is 1. The molecule has 152 valence electrons. The standard InChI is InChI=1S/C20H26N8O/c1-15-13-19(29)27(14-21-15)12-11-25-9-5-16(6-10-25)20-23-22-17-3-4-18(24-28(17)20)26-7-2-8-26/h3-4,13-14,16H,2,5-12H2,1H3. The van der Waals surface area contributed by atoms with Gasteiger partial charge >= 0.3 is 0 Å². The van der Waals surface area contributed by atoms with E-state index in [4.69, 9.17) is 5.10 Å². The second-order valence-electron chi connectivity index (χ2n) is 8.04. The van der Waals surface area contributed by atoms with E-state index >= 15 is 0 Å². The van der Waals surface area contributed by atoms with Crippen molar-refractivity contribution in [1.29, 1.82) is 0 Å². The molecule has 0 atom stereocenters. The van der Waals surface area contributed by atoms with Crippen LogP contribution < -0.4 is 10.5 Å². The third kappa shape index (κ3) is 3.62. The summed E-state index contributed by atoms with van der Waals surface area (Å²) in [5, 5.41) is 13.6. The molecule has 3 aromatic rings. The monoisotopic (exact) mass is 394 g/mol. The maximum Gasteiger partial charge on any atom is 0.253 e. The highest BCUT2D eigenvalue weighted by atomic mass is 16.1. The second kappa shape index (κ2) is 7.55. The zero-order valence-electron chi connectivity index (χ0n) is 16.7. The third-order valence-corrected chi connectivity index (χ3v) is 6.08. The van der Waals surface area contributed by atoms with Gasteiger partial charge in [-0.15, -0.1) is 15.3 Å². The van der Waals surface area contributed by atoms with Gasteiger partial charge in [-0.2, -0.15) is 4.52 Å². The number of hydrogen-bond acceptors (Lipinski definition) is 7. The summed E-state index contributed by atoms with van der Waals surface area (Å²) < 4.78 is 3.62. The first-order valence-corrected chi connectivity index (χ1v) is 10.4. The van der Waals surface area contributed by atoms with E-state index in [1.165, 1.54) is 6.42 Å². The van der Waals surface area contributed by atoms with Crippen LogP contribution >= 0.6 is 0 Å². The van der Waals surface area contributed by atoms with Crippen molar-refractivity contribution in [3.8, 4) is 0 Å². The zero-order valence-corrected chi connectivity index (χ0v) is 16.7. The summed E-state index contributed by atoms with van der Waals surface area (Å²) in [6, 6.07) is 5.64. The van der Waals surface area contributed by atoms with Crippen molar-refractivity contribution in [2.24, 2.45) is 0 Å². The molecule has 29 heavy (non-hydrogen) atoms. The van der Waals surface area contributed by atoms with Crippen molar-refractivity contribution in [3.63, 3.8) is 0 Å². The summed E-state index contributed by atoms with van der Waals surface area (Å²) in [5.74, 6) is 2.35. The summed E-state index contributed by atoms with van der Waals surface area (Å²) in [6.45, 7) is 7.49. The van der Waals surface area contributed by atoms with Crippen molar-refractivity contribution >= 4 is 11.5 Å². The Morgan fingerprint density at radius 1 is 1.07 bits per heavy atom. The molecule has 9 nitrogen and oxygen atoms in total. The fraction of sp³-hybridized carbons (Fsp3) is 0.550. The number of nitrogens with zero attached hydrogens (tertiary/aromatic N) is 8. The molecule has 5 heterocycles. The second-order valence-corrected chi connectivity index (χ2v) is 8.04. The van der Waals surface area contributed by atoms with E-state index in [1.54, 1.807) is 17.0 Å². The molecular weight excluding hydrogens is 368 g/mol. The number of hydrogen-bond donors (Lipinski definition) is 0. The largest absolute Gasteiger partial charge is 0.355 e. The van der Waals surface area contributed by atoms with Gasteiger partial charge in [-0.1, -0.05) is 0 Å². The molecule has 0 saturated carbocycles. The smallest absolute Gasteiger partial charge is 0.253 e. The Balaban J connectivity index is 1.23. The van der Waals surface area contributed by atoms with Crippen molar-refractivity contribution in [1.82, 2.24) is 34.3 Å². The number of aromatic nitrogens is 6. The molecule has 2 aliphatic heterocycles. The van der Waals surface area contributed by atoms with Crippen LogP contribution in [0.3, 0.4) is 0 Å². The van der Waals surface area contributed by atoms with Crippen LogP contribution in [0.4, 0.5) is 5.82 Å². The van der Waals surface area contributed by atoms with Crippen molar-refractivity contribution in [2.45, 2.75) is 38.6 Å². The lowest BCUT2D eigenvalue weighted by Gasteiger charge is -2.32. The van der Waals surface area contributed by atoms with Gasteiger partial charge in [0.1, 0.15) is 5.82 Å². The van der Waals surface area contributed by atoms with Gasteiger partial charge in [-0.25, -0.2) is 4.98 Å². The predicted octanol–water partition coefficient (Wildman–Crippen LogP) is 1.08. The van der Waals surface area contributed by atoms with Gasteiger partial charge in [0.25, 0.3) is 5.56 Å². The Morgan fingerprint density at radius 2 is 1.90 bits per heavy atom. The molecule has 0 radical (unpaired) electrons. The summed E-state index contributed by atoms with van der Waals surface area (Å²) in [4.78, 5) is 20.9. The summed E-state index contributed by atoms with van der Waals surface area (Å²) in [7, 11) is 0. The lowest BCUT2D eigenvalue weighted by Crippen LogP contribution is -2.38. The highest BCUT2D eigenvalue weighted by Crippen LogP contribution is 2.27. The average Bonchev–Trinajstić information content (AvgIpc) is 3.10. The molecule has 0 aliphatic carbocycles. The first kappa shape index (κ1) is 18.2. The molecule has 2 fully saturated rings. The van der Waals surface area contributed by atoms with Crippen LogP contribution in [-0.4, -0.2) is 67.0 Å². The van der Waals surface area contributed by atoms with Gasteiger partial charge in [0, 0.05) is 43.9 Å². The molecule has 2 saturated heterocycles. The van der Waals surface area contributed by atoms with Crippen LogP contribution in [0.15, 0.2) is 29.3 Å². The normalized spacial score (nSPS) is 18.3. The third-order valence-electron chi connectivity index (χ3n) is 6.08. The molecule has 3 aromatic heterocycles. The van der Waals surface area contributed by atoms with Gasteiger partial charge in [0.2, 0.25) is 0 Å². The van der Waals surface area contributed by atoms with E-state index in [-0.39, 0.29) is 5.56 Å². The first-order chi connectivity index (χ1) is 14.2. The number of rotatable bonds is 5. The van der Waals surface area contributed by atoms with E-state index in [1.807, 2.05) is 23.6 Å². The minimum Gasteiger partial charge on any atom is -0.355 e. The number of aryl methyl sites for hydroxylation is 1. The van der Waals surface area contributed by atoms with Crippen LogP contribution in [0.25, 0.3) is 5.65 Å². The lowest BCUT2D eigenvalue weighted by molar-refractivity contribution is 0.200. The fourth-order valence-corrected chi connectivity index (χ4v) is 4.11. The first-order valence-electron chi connectivity index (χ1n) is 10.4. The SMILES string of the molecule is Cc1cc(=O)n(CCN2CCC(c3nnc4ccc(N5CCC5)nn34)CC2)cn1. The molecule has 0 bridgehead atoms. The minimum absolute atomic E-state index is 0.0198. The lowest BCUT2D eigenvalue weighted by atomic mass is 9.96. The molecule has 2 aliphatic rings. The van der Waals surface area contributed by atoms with E-state index in [2.05, 4.69) is 25.0 Å². The summed E-state index contributed by atoms with van der Waals surface area (Å²) in [5.41, 5.74) is 1.60. The maximum absolute atomic E-state index is 12.0. The average molecular weight is 394 g/mol. The highest BCUT2D eigenvalue weighted by Gasteiger charge is 2.26. The van der Waals surface area contributed by atoms with Crippen molar-refractivity contribution < 1.29 is 0 Å². The zero-order chi connectivity index (χ0) is 19.8. The Bertz CT molecular complexity index is 1060. The Hall–Kier alpha value is -2.81. The van der Waals surface area contributed by atoms with Gasteiger partial charge in [0.05, 0.1) is 6.33 Å². The fourth-order valence-electron chi connectivity index (χ4n) is 4.11. The molecule has 0 N–H and O–H groups in total. The molecule has 9 heteroatoms. The topological polar surface area (TPSA) is 84.5 Å². The number of fused-ring (bicyclic) bond motifs is 1. The summed E-state index contributed by atoms with van der Waals surface area (Å²) in [6.07, 6.45) is 4.93. The van der Waals surface area contributed by atoms with Crippen molar-refractivity contribution in [3.05, 3.63) is 46.4 Å². The van der Waals surface area contributed by atoms with Crippen LogP contribution in [-0.2, 0) is 6.54 Å². The molecule has 0 aromatic carbocycles. The highest BCUT2D eigenvalue weighted by molar-refractivity contribution is 5.47. The molecule has 5 rings (SSSR count). The Morgan fingerprint density at radius 3 is 2.62 bits per heavy atom. The van der Waals surface area contributed by atoms with Gasteiger partial charge in [-0.3, -0.25) is 9.36 Å². The molecule has 0 spiro atoms. The van der Waals surface area contributed by atoms with E-state index in [9.17, 15) is 4.79 Å². The quantitative estimate of drug-likeness (QED) is 0.640. The summed E-state index contributed by atoms with van der Waals surface area (Å²) >= 11 is 0. The van der Waals surface area contributed by atoms with E-state index < -0.39 is 0 Å². The Kier molecular flexibility index (Phi) is 4.75. The number of likely N-dealkylation sites (tertiary alicyclic amines) is 1. The van der Waals surface area contributed by atoms with Crippen LogP contribution in [0.5, 0.6) is 0 Å². The van der Waals surface area contributed by atoms with Crippen LogP contribution in [0, 0.1) is 6.92 Å². The van der Waals surface area contributed by atoms with Gasteiger partial charge < -0.3 is 9.80 Å². The van der Waals surface area contributed by atoms with Gasteiger partial charge in [-0.05, 0) is 51.4 Å². The minimum atomic E-state index is 0.0198. The van der Waals surface area contributed by atoms with Crippen LogP contribution in [0.2, 0.25) is 0 Å². The van der Waals surface area contributed by atoms with E-state index in [0.29, 0.717) is 12.5 Å². The van der Waals surface area contributed by atoms with Gasteiger partial charge in [0.15, 0.2) is 11.5 Å². The number of piperidine rings is 1. The molecule has 0 unspecified atom stereocenters. The van der Waals surface area contributed by atoms with Crippen LogP contribution in [0.1, 0.15) is 36.7 Å². The van der Waals surface area contributed by atoms with Crippen molar-refractivity contribution in [2.75, 3.05) is 37.6 Å². The molecule has 0 amide bonds. The maximum atomic E-state index is 12.0. The molecular formula is C20H26N8O. The van der Waals surface area contributed by atoms with E-state index in [0.717, 1.165) is 68.5 Å².